The van der Waals surface area contributed by atoms with Crippen molar-refractivity contribution in [3.05, 3.63) is 91.6 Å². The van der Waals surface area contributed by atoms with Gasteiger partial charge < -0.3 is 24.6 Å². The van der Waals surface area contributed by atoms with Crippen LogP contribution in [0.2, 0.25) is 5.02 Å². The number of amides is 2. The third-order valence-electron chi connectivity index (χ3n) is 9.31. The summed E-state index contributed by atoms with van der Waals surface area (Å²) in [6, 6.07) is 6.13. The third-order valence-corrected chi connectivity index (χ3v) is 9.62. The number of halogens is 4. The second-order valence-corrected chi connectivity index (χ2v) is 13.3. The van der Waals surface area contributed by atoms with Crippen LogP contribution in [0.25, 0.3) is 17.2 Å². The van der Waals surface area contributed by atoms with E-state index >= 15 is 0 Å². The summed E-state index contributed by atoms with van der Waals surface area (Å²) >= 11 is 6.14. The predicted octanol–water partition coefficient (Wildman–Crippen LogP) is 4.91. The Morgan fingerprint density at radius 3 is 2.42 bits per heavy atom. The van der Waals surface area contributed by atoms with E-state index in [2.05, 4.69) is 30.4 Å². The monoisotopic (exact) mass is 737 g/mol. The number of rotatable bonds is 5. The molecule has 2 aliphatic rings. The first-order chi connectivity index (χ1) is 24.6. The highest BCUT2D eigenvalue weighted by Gasteiger charge is 2.50. The Balaban J connectivity index is 1.29. The number of carbonyl (C=O) groups is 2. The van der Waals surface area contributed by atoms with Gasteiger partial charge in [0.05, 0.1) is 39.3 Å². The van der Waals surface area contributed by atoms with E-state index in [0.29, 0.717) is 22.6 Å². The van der Waals surface area contributed by atoms with Gasteiger partial charge in [-0.05, 0) is 70.9 Å². The molecule has 2 aliphatic heterocycles. The number of aromatic nitrogens is 7. The van der Waals surface area contributed by atoms with E-state index in [9.17, 15) is 32.7 Å². The van der Waals surface area contributed by atoms with Gasteiger partial charge in [0.2, 0.25) is 11.7 Å². The maximum absolute atomic E-state index is 14.4. The molecule has 270 valence electrons. The Labute approximate surface area is 298 Å². The normalized spacial score (nSPS) is 16.8. The average Bonchev–Trinajstić information content (AvgIpc) is 3.65. The number of hydrogen-bond acceptors (Lipinski definition) is 10. The number of alkyl halides is 3. The Bertz CT molecular complexity index is 2330. The smallest absolute Gasteiger partial charge is 0.416 e. The molecule has 1 fully saturated rings. The standard InChI is InChI=1S/C34H31ClF3N9O5/c1-16-11-20(12-17(2)41-16)29-43-32-46(14-24(48)42-23-6-5-21(13-22(23)35)34(36,37)38)27-19(4)52-33(25(27)30(50)47(32)44-29)7-9-45(10-8-33)31(51)26-28(49)18(3)39-15-40-26/h5-6,11-13,15,19,49H,7-10,14H2,1-4H3,(H,42,48). The van der Waals surface area contributed by atoms with Gasteiger partial charge in [-0.3, -0.25) is 19.4 Å². The van der Waals surface area contributed by atoms with Crippen molar-refractivity contribution >= 4 is 34.9 Å². The molecule has 52 heavy (non-hydrogen) atoms. The molecule has 1 saturated heterocycles. The number of carbonyl (C=O) groups excluding carboxylic acids is 2. The van der Waals surface area contributed by atoms with Crippen molar-refractivity contribution in [2.75, 3.05) is 18.4 Å². The number of anilines is 1. The molecule has 1 atom stereocenters. The van der Waals surface area contributed by atoms with Crippen LogP contribution in [0.1, 0.15) is 70.3 Å². The second kappa shape index (κ2) is 12.7. The highest BCUT2D eigenvalue weighted by atomic mass is 35.5. The van der Waals surface area contributed by atoms with Gasteiger partial charge >= 0.3 is 6.18 Å². The summed E-state index contributed by atoms with van der Waals surface area (Å²) in [6.45, 7) is 6.77. The summed E-state index contributed by atoms with van der Waals surface area (Å²) in [5, 5.41) is 17.3. The lowest BCUT2D eigenvalue weighted by Gasteiger charge is -2.39. The maximum Gasteiger partial charge on any atom is 0.416 e. The number of piperidine rings is 1. The van der Waals surface area contributed by atoms with Gasteiger partial charge in [-0.25, -0.2) is 9.97 Å². The molecular weight excluding hydrogens is 707 g/mol. The van der Waals surface area contributed by atoms with Crippen LogP contribution in [0.3, 0.4) is 0 Å². The minimum absolute atomic E-state index is 0.0363. The molecule has 18 heteroatoms. The molecule has 0 bridgehead atoms. The molecule has 1 aromatic carbocycles. The van der Waals surface area contributed by atoms with E-state index < -0.39 is 47.4 Å². The number of pyridine rings is 1. The average molecular weight is 738 g/mol. The van der Waals surface area contributed by atoms with Crippen LogP contribution in [0, 0.1) is 20.8 Å². The summed E-state index contributed by atoms with van der Waals surface area (Å²) in [5.74, 6) is -1.24. The Morgan fingerprint density at radius 1 is 1.08 bits per heavy atom. The van der Waals surface area contributed by atoms with Crippen LogP contribution in [0.5, 0.6) is 5.75 Å². The van der Waals surface area contributed by atoms with Crippen molar-refractivity contribution in [1.82, 2.24) is 39.0 Å². The minimum Gasteiger partial charge on any atom is -0.504 e. The van der Waals surface area contributed by atoms with Crippen molar-refractivity contribution in [2.45, 2.75) is 65.0 Å². The second-order valence-electron chi connectivity index (χ2n) is 12.9. The zero-order valence-electron chi connectivity index (χ0n) is 28.2. The quantitative estimate of drug-likeness (QED) is 0.253. The first kappa shape index (κ1) is 35.0. The fourth-order valence-electron chi connectivity index (χ4n) is 6.96. The minimum atomic E-state index is -4.63. The van der Waals surface area contributed by atoms with Gasteiger partial charge in [0.15, 0.2) is 17.3 Å². The van der Waals surface area contributed by atoms with Crippen molar-refractivity contribution < 1.29 is 32.6 Å². The van der Waals surface area contributed by atoms with Gasteiger partial charge in [-0.2, -0.15) is 22.7 Å². The van der Waals surface area contributed by atoms with E-state index in [1.807, 2.05) is 13.8 Å². The van der Waals surface area contributed by atoms with Gasteiger partial charge in [-0.15, -0.1) is 5.10 Å². The lowest BCUT2D eigenvalue weighted by molar-refractivity contribution is -0.137. The molecule has 0 radical (unpaired) electrons. The van der Waals surface area contributed by atoms with E-state index in [0.717, 1.165) is 22.7 Å². The van der Waals surface area contributed by atoms with Crippen molar-refractivity contribution in [1.29, 1.82) is 0 Å². The van der Waals surface area contributed by atoms with E-state index in [1.54, 1.807) is 26.0 Å². The zero-order chi connectivity index (χ0) is 37.3. The molecule has 6 heterocycles. The first-order valence-corrected chi connectivity index (χ1v) is 16.6. The van der Waals surface area contributed by atoms with Gasteiger partial charge in [-0.1, -0.05) is 11.6 Å². The molecule has 5 aromatic rings. The lowest BCUT2D eigenvalue weighted by atomic mass is 9.85. The van der Waals surface area contributed by atoms with Gasteiger partial charge in [0.1, 0.15) is 18.5 Å². The SMILES string of the molecule is Cc1cc(-c2nc3n(CC(=O)Nc4ccc(C(F)(F)F)cc4Cl)c4c(c(=O)n3n2)C2(CCN(C(=O)c3ncnc(C)c3O)CC2)OC4C)cc(C)n1. The molecule has 1 spiro atoms. The fourth-order valence-corrected chi connectivity index (χ4v) is 7.18. The summed E-state index contributed by atoms with van der Waals surface area (Å²) in [6.07, 6.45) is -3.77. The molecule has 4 aromatic heterocycles. The Kier molecular flexibility index (Phi) is 8.52. The first-order valence-electron chi connectivity index (χ1n) is 16.2. The molecule has 2 amide bonds. The topological polar surface area (TPSA) is 170 Å². The number of ether oxygens (including phenoxy) is 1. The number of aryl methyl sites for hydroxylation is 3. The molecular formula is C34H31ClF3N9O5. The molecule has 0 aliphatic carbocycles. The van der Waals surface area contributed by atoms with Crippen LogP contribution in [-0.2, 0) is 27.9 Å². The number of likely N-dealkylation sites (tertiary alicyclic amines) is 1. The van der Waals surface area contributed by atoms with Gasteiger partial charge in [0.25, 0.3) is 11.5 Å². The molecule has 14 nitrogen and oxygen atoms in total. The molecule has 7 rings (SSSR count). The van der Waals surface area contributed by atoms with Crippen molar-refractivity contribution in [2.24, 2.45) is 0 Å². The fraction of sp³-hybridized carbons (Fsp3) is 0.353. The number of nitrogens with one attached hydrogen (secondary N) is 1. The summed E-state index contributed by atoms with van der Waals surface area (Å²) in [5.41, 5.74) is 0.0376. The van der Waals surface area contributed by atoms with Crippen LogP contribution in [0.15, 0.2) is 41.5 Å². The molecule has 1 unspecified atom stereocenters. The summed E-state index contributed by atoms with van der Waals surface area (Å²) in [7, 11) is 0. The number of fused-ring (bicyclic) bond motifs is 3. The summed E-state index contributed by atoms with van der Waals surface area (Å²) in [4.78, 5) is 59.9. The predicted molar refractivity (Wildman–Crippen MR) is 180 cm³/mol. The number of aromatic hydroxyl groups is 1. The van der Waals surface area contributed by atoms with Crippen LogP contribution >= 0.6 is 11.6 Å². The van der Waals surface area contributed by atoms with E-state index in [4.69, 9.17) is 16.3 Å². The van der Waals surface area contributed by atoms with Gasteiger partial charge in [0, 0.05) is 30.0 Å². The van der Waals surface area contributed by atoms with Crippen LogP contribution in [0.4, 0.5) is 18.9 Å². The molecule has 0 saturated carbocycles. The third kappa shape index (κ3) is 6.02. The maximum atomic E-state index is 14.4. The number of nitrogens with zero attached hydrogens (tertiary/aromatic N) is 8. The van der Waals surface area contributed by atoms with E-state index in [1.165, 1.54) is 15.8 Å². The lowest BCUT2D eigenvalue weighted by Crippen LogP contribution is -2.47. The van der Waals surface area contributed by atoms with Crippen LogP contribution < -0.4 is 10.9 Å². The summed E-state index contributed by atoms with van der Waals surface area (Å²) < 4.78 is 48.9. The highest BCUT2D eigenvalue weighted by Crippen LogP contribution is 2.48. The highest BCUT2D eigenvalue weighted by molar-refractivity contribution is 6.33. The van der Waals surface area contributed by atoms with E-state index in [-0.39, 0.29) is 70.9 Å². The number of hydrogen-bond donors (Lipinski definition) is 2. The Hall–Kier alpha value is -5.42. The van der Waals surface area contributed by atoms with Crippen molar-refractivity contribution in [3.8, 4) is 17.1 Å². The molecule has 2 N–H and O–H groups in total. The van der Waals surface area contributed by atoms with Crippen molar-refractivity contribution in [3.63, 3.8) is 0 Å². The largest absolute Gasteiger partial charge is 0.504 e. The Morgan fingerprint density at radius 2 is 1.77 bits per heavy atom. The number of benzene rings is 1. The zero-order valence-corrected chi connectivity index (χ0v) is 29.0. The van der Waals surface area contributed by atoms with Crippen LogP contribution in [-0.4, -0.2) is 69.0 Å².